The smallest absolute Gasteiger partial charge is 0.335 e. The summed E-state index contributed by atoms with van der Waals surface area (Å²) in [6.45, 7) is 4.44. The van der Waals surface area contributed by atoms with E-state index < -0.39 is 5.97 Å². The molecule has 0 atom stereocenters. The summed E-state index contributed by atoms with van der Waals surface area (Å²) in [5, 5.41) is 8.95. The van der Waals surface area contributed by atoms with Crippen molar-refractivity contribution in [3.8, 4) is 5.75 Å². The van der Waals surface area contributed by atoms with Crippen LogP contribution in [0, 0.1) is 6.92 Å². The van der Waals surface area contributed by atoms with Gasteiger partial charge in [-0.15, -0.1) is 0 Å². The maximum Gasteiger partial charge on any atom is 0.335 e. The molecule has 1 N–H and O–H groups in total. The van der Waals surface area contributed by atoms with Crippen LogP contribution in [0.2, 0.25) is 0 Å². The number of benzene rings is 2. The van der Waals surface area contributed by atoms with Crippen molar-refractivity contribution in [3.05, 3.63) is 64.7 Å². The highest BCUT2D eigenvalue weighted by atomic mass is 16.5. The van der Waals surface area contributed by atoms with Crippen LogP contribution in [0.5, 0.6) is 5.75 Å². The molecule has 0 spiro atoms. The van der Waals surface area contributed by atoms with Gasteiger partial charge in [0.15, 0.2) is 0 Å². The number of rotatable bonds is 5. The highest BCUT2D eigenvalue weighted by Gasteiger charge is 2.07. The number of aryl methyl sites for hydroxylation is 2. The maximum absolute atomic E-state index is 10.9. The van der Waals surface area contributed by atoms with Crippen molar-refractivity contribution in [1.82, 2.24) is 0 Å². The van der Waals surface area contributed by atoms with E-state index in [9.17, 15) is 4.79 Å². The SMILES string of the molecule is CCc1ccccc1OCc1ccc(C(=O)O)cc1C. The van der Waals surface area contributed by atoms with Crippen molar-refractivity contribution in [2.45, 2.75) is 26.9 Å². The average Bonchev–Trinajstić information content (AvgIpc) is 2.46. The Balaban J connectivity index is 2.13. The molecule has 3 heteroatoms. The Bertz CT molecular complexity index is 617. The molecule has 0 fully saturated rings. The Morgan fingerprint density at radius 3 is 2.55 bits per heavy atom. The lowest BCUT2D eigenvalue weighted by Crippen LogP contribution is -2.02. The van der Waals surface area contributed by atoms with Gasteiger partial charge in [0, 0.05) is 0 Å². The molecule has 2 aromatic rings. The first-order chi connectivity index (χ1) is 9.61. The molecule has 0 bridgehead atoms. The van der Waals surface area contributed by atoms with E-state index in [1.165, 1.54) is 5.56 Å². The molecular formula is C17H18O3. The zero-order valence-electron chi connectivity index (χ0n) is 11.7. The molecule has 0 radical (unpaired) electrons. The van der Waals surface area contributed by atoms with E-state index in [0.717, 1.165) is 23.3 Å². The summed E-state index contributed by atoms with van der Waals surface area (Å²) in [5.41, 5.74) is 3.41. The molecule has 0 heterocycles. The molecule has 0 unspecified atom stereocenters. The van der Waals surface area contributed by atoms with Gasteiger partial charge in [0.1, 0.15) is 12.4 Å². The fourth-order valence-corrected chi connectivity index (χ4v) is 2.08. The lowest BCUT2D eigenvalue weighted by atomic mass is 10.1. The Labute approximate surface area is 118 Å². The van der Waals surface area contributed by atoms with Crippen LogP contribution in [0.15, 0.2) is 42.5 Å². The van der Waals surface area contributed by atoms with Gasteiger partial charge in [-0.05, 0) is 48.2 Å². The van der Waals surface area contributed by atoms with E-state index in [4.69, 9.17) is 9.84 Å². The number of carbonyl (C=O) groups is 1. The van der Waals surface area contributed by atoms with E-state index in [1.54, 1.807) is 12.1 Å². The highest BCUT2D eigenvalue weighted by molar-refractivity contribution is 5.87. The first-order valence-electron chi connectivity index (χ1n) is 6.65. The quantitative estimate of drug-likeness (QED) is 0.898. The van der Waals surface area contributed by atoms with Gasteiger partial charge in [0.25, 0.3) is 0 Å². The zero-order valence-corrected chi connectivity index (χ0v) is 11.7. The minimum Gasteiger partial charge on any atom is -0.489 e. The Morgan fingerprint density at radius 2 is 1.90 bits per heavy atom. The zero-order chi connectivity index (χ0) is 14.5. The summed E-state index contributed by atoms with van der Waals surface area (Å²) in [5.74, 6) is -0.0198. The summed E-state index contributed by atoms with van der Waals surface area (Å²) >= 11 is 0. The largest absolute Gasteiger partial charge is 0.489 e. The van der Waals surface area contributed by atoms with Gasteiger partial charge in [-0.3, -0.25) is 0 Å². The average molecular weight is 270 g/mol. The summed E-state index contributed by atoms with van der Waals surface area (Å²) in [6, 6.07) is 13.1. The molecule has 0 amide bonds. The standard InChI is InChI=1S/C17H18O3/c1-3-13-6-4-5-7-16(13)20-11-15-9-8-14(17(18)19)10-12(15)2/h4-10H,3,11H2,1-2H3,(H,18,19). The first kappa shape index (κ1) is 14.1. The minimum absolute atomic E-state index is 0.306. The van der Waals surface area contributed by atoms with Crippen LogP contribution in [0.4, 0.5) is 0 Å². The Morgan fingerprint density at radius 1 is 1.15 bits per heavy atom. The normalized spacial score (nSPS) is 10.3. The first-order valence-corrected chi connectivity index (χ1v) is 6.65. The molecule has 0 aliphatic heterocycles. The third-order valence-electron chi connectivity index (χ3n) is 3.33. The number of carboxylic acid groups (broad SMARTS) is 1. The van der Waals surface area contributed by atoms with Crippen LogP contribution in [-0.2, 0) is 13.0 Å². The Hall–Kier alpha value is -2.29. The van der Waals surface area contributed by atoms with Crippen LogP contribution < -0.4 is 4.74 Å². The third-order valence-corrected chi connectivity index (χ3v) is 3.33. The molecule has 0 aliphatic rings. The van der Waals surface area contributed by atoms with E-state index in [1.807, 2.05) is 31.2 Å². The summed E-state index contributed by atoms with van der Waals surface area (Å²) in [7, 11) is 0. The van der Waals surface area contributed by atoms with Crippen LogP contribution in [0.1, 0.15) is 34.0 Å². The fraction of sp³-hybridized carbons (Fsp3) is 0.235. The van der Waals surface area contributed by atoms with Gasteiger partial charge >= 0.3 is 5.97 Å². The second-order valence-corrected chi connectivity index (χ2v) is 4.70. The van der Waals surface area contributed by atoms with Crippen molar-refractivity contribution in [3.63, 3.8) is 0 Å². The van der Waals surface area contributed by atoms with Gasteiger partial charge < -0.3 is 9.84 Å². The van der Waals surface area contributed by atoms with Gasteiger partial charge in [0.2, 0.25) is 0 Å². The molecule has 0 saturated carbocycles. The number of aromatic carboxylic acids is 1. The van der Waals surface area contributed by atoms with Gasteiger partial charge in [-0.25, -0.2) is 4.79 Å². The topological polar surface area (TPSA) is 46.5 Å². The van der Waals surface area contributed by atoms with Crippen LogP contribution >= 0.6 is 0 Å². The van der Waals surface area contributed by atoms with Gasteiger partial charge in [-0.1, -0.05) is 31.2 Å². The maximum atomic E-state index is 10.9. The van der Waals surface area contributed by atoms with Crippen LogP contribution in [0.25, 0.3) is 0 Å². The van der Waals surface area contributed by atoms with Crippen molar-refractivity contribution >= 4 is 5.97 Å². The summed E-state index contributed by atoms with van der Waals surface area (Å²) in [6.07, 6.45) is 0.924. The molecule has 20 heavy (non-hydrogen) atoms. The van der Waals surface area contributed by atoms with Crippen molar-refractivity contribution in [2.24, 2.45) is 0 Å². The van der Waals surface area contributed by atoms with Gasteiger partial charge in [-0.2, -0.15) is 0 Å². The number of carboxylic acids is 1. The molecular weight excluding hydrogens is 252 g/mol. The third kappa shape index (κ3) is 3.18. The van der Waals surface area contributed by atoms with Gasteiger partial charge in [0.05, 0.1) is 5.56 Å². The Kier molecular flexibility index (Phi) is 4.41. The summed E-state index contributed by atoms with van der Waals surface area (Å²) in [4.78, 5) is 10.9. The van der Waals surface area contributed by atoms with E-state index in [2.05, 4.69) is 13.0 Å². The molecule has 0 saturated heterocycles. The van der Waals surface area contributed by atoms with Crippen molar-refractivity contribution < 1.29 is 14.6 Å². The van der Waals surface area contributed by atoms with E-state index >= 15 is 0 Å². The van der Waals surface area contributed by atoms with Crippen molar-refractivity contribution in [2.75, 3.05) is 0 Å². The van der Waals surface area contributed by atoms with Crippen LogP contribution in [0.3, 0.4) is 0 Å². The predicted molar refractivity (Wildman–Crippen MR) is 78.3 cm³/mol. The van der Waals surface area contributed by atoms with E-state index in [-0.39, 0.29) is 0 Å². The molecule has 2 rings (SSSR count). The molecule has 0 aliphatic carbocycles. The number of hydrogen-bond donors (Lipinski definition) is 1. The van der Waals surface area contributed by atoms with Crippen molar-refractivity contribution in [1.29, 1.82) is 0 Å². The second kappa shape index (κ2) is 6.24. The molecule has 2 aromatic carbocycles. The number of para-hydroxylation sites is 1. The minimum atomic E-state index is -0.906. The lowest BCUT2D eigenvalue weighted by molar-refractivity contribution is 0.0696. The van der Waals surface area contributed by atoms with Crippen LogP contribution in [-0.4, -0.2) is 11.1 Å². The fourth-order valence-electron chi connectivity index (χ4n) is 2.08. The highest BCUT2D eigenvalue weighted by Crippen LogP contribution is 2.21. The predicted octanol–water partition coefficient (Wildman–Crippen LogP) is 3.83. The molecule has 3 nitrogen and oxygen atoms in total. The molecule has 104 valence electrons. The number of ether oxygens (including phenoxy) is 1. The van der Waals surface area contributed by atoms with E-state index in [0.29, 0.717) is 12.2 Å². The molecule has 0 aromatic heterocycles. The second-order valence-electron chi connectivity index (χ2n) is 4.70. The summed E-state index contributed by atoms with van der Waals surface area (Å²) < 4.78 is 5.85. The monoisotopic (exact) mass is 270 g/mol. The number of hydrogen-bond acceptors (Lipinski definition) is 2. The lowest BCUT2D eigenvalue weighted by Gasteiger charge is -2.12.